The Kier molecular flexibility index (Phi) is 3.03. The highest BCUT2D eigenvalue weighted by molar-refractivity contribution is 5.65. The van der Waals surface area contributed by atoms with E-state index in [1.807, 2.05) is 0 Å². The van der Waals surface area contributed by atoms with Gasteiger partial charge in [-0.25, -0.2) is 0 Å². The van der Waals surface area contributed by atoms with Gasteiger partial charge in [0.15, 0.2) is 0 Å². The summed E-state index contributed by atoms with van der Waals surface area (Å²) in [6.07, 6.45) is -0.245. The Morgan fingerprint density at radius 3 is 2.00 bits per heavy atom. The minimum Gasteiger partial charge on any atom is -0.385 e. The Hall–Kier alpha value is -0.700. The smallest absolute Gasteiger partial charge is 0.149 e. The molecule has 0 aromatic heterocycles. The molecule has 0 saturated carbocycles. The summed E-state index contributed by atoms with van der Waals surface area (Å²) >= 11 is 0. The SMILES string of the molecule is CC(C=O)C(O)C=O. The summed E-state index contributed by atoms with van der Waals surface area (Å²) in [6.45, 7) is 1.48. The fourth-order valence-corrected chi connectivity index (χ4v) is 0.204. The topological polar surface area (TPSA) is 54.4 Å². The highest BCUT2D eigenvalue weighted by Crippen LogP contribution is 1.93. The lowest BCUT2D eigenvalue weighted by atomic mass is 10.1. The van der Waals surface area contributed by atoms with E-state index >= 15 is 0 Å². The van der Waals surface area contributed by atoms with Crippen molar-refractivity contribution < 1.29 is 14.7 Å². The Bertz CT molecular complexity index is 77.7. The molecule has 0 aromatic rings. The van der Waals surface area contributed by atoms with Crippen LogP contribution in [0, 0.1) is 5.92 Å². The van der Waals surface area contributed by atoms with Crippen molar-refractivity contribution in [3.05, 3.63) is 0 Å². The molecule has 0 aromatic carbocycles. The minimum atomic E-state index is -1.13. The third kappa shape index (κ3) is 1.84. The average Bonchev–Trinajstić information content (AvgIpc) is 1.84. The van der Waals surface area contributed by atoms with E-state index in [-0.39, 0.29) is 0 Å². The summed E-state index contributed by atoms with van der Waals surface area (Å²) in [5.74, 6) is -0.576. The molecule has 0 fully saturated rings. The van der Waals surface area contributed by atoms with Crippen molar-refractivity contribution in [1.82, 2.24) is 0 Å². The van der Waals surface area contributed by atoms with E-state index in [1.165, 1.54) is 6.92 Å². The van der Waals surface area contributed by atoms with Crippen molar-refractivity contribution in [1.29, 1.82) is 0 Å². The lowest BCUT2D eigenvalue weighted by Crippen LogP contribution is -2.19. The standard InChI is InChI=1S/C5H8O3/c1-4(2-6)5(8)3-7/h2-5,8H,1H3. The van der Waals surface area contributed by atoms with Crippen LogP contribution in [0.3, 0.4) is 0 Å². The number of carbonyl (C=O) groups excluding carboxylic acids is 2. The van der Waals surface area contributed by atoms with E-state index in [0.717, 1.165) is 0 Å². The quantitative estimate of drug-likeness (QED) is 0.500. The van der Waals surface area contributed by atoms with Crippen molar-refractivity contribution in [2.45, 2.75) is 13.0 Å². The van der Waals surface area contributed by atoms with Crippen LogP contribution in [0.25, 0.3) is 0 Å². The maximum Gasteiger partial charge on any atom is 0.149 e. The van der Waals surface area contributed by atoms with Crippen molar-refractivity contribution >= 4 is 12.6 Å². The Labute approximate surface area is 47.3 Å². The van der Waals surface area contributed by atoms with Gasteiger partial charge in [0, 0.05) is 5.92 Å². The molecule has 8 heavy (non-hydrogen) atoms. The molecule has 0 heterocycles. The third-order valence-electron chi connectivity index (χ3n) is 0.893. The van der Waals surface area contributed by atoms with Gasteiger partial charge in [0.05, 0.1) is 0 Å². The number of carbonyl (C=O) groups is 2. The zero-order valence-corrected chi connectivity index (χ0v) is 4.57. The van der Waals surface area contributed by atoms with Crippen molar-refractivity contribution in [3.63, 3.8) is 0 Å². The van der Waals surface area contributed by atoms with Gasteiger partial charge in [-0.2, -0.15) is 0 Å². The highest BCUT2D eigenvalue weighted by Gasteiger charge is 2.09. The lowest BCUT2D eigenvalue weighted by Gasteiger charge is -2.02. The van der Waals surface area contributed by atoms with Crippen LogP contribution in [-0.4, -0.2) is 23.8 Å². The molecule has 0 aliphatic heterocycles. The summed E-state index contributed by atoms with van der Waals surface area (Å²) in [6, 6.07) is 0. The normalized spacial score (nSPS) is 16.8. The van der Waals surface area contributed by atoms with Crippen molar-refractivity contribution in [2.24, 2.45) is 5.92 Å². The first kappa shape index (κ1) is 7.30. The van der Waals surface area contributed by atoms with Gasteiger partial charge in [0.1, 0.15) is 18.7 Å². The van der Waals surface area contributed by atoms with Gasteiger partial charge in [-0.15, -0.1) is 0 Å². The van der Waals surface area contributed by atoms with E-state index < -0.39 is 12.0 Å². The molecule has 3 nitrogen and oxygen atoms in total. The minimum absolute atomic E-state index is 0.346. The number of aldehydes is 2. The van der Waals surface area contributed by atoms with Gasteiger partial charge in [-0.05, 0) is 0 Å². The van der Waals surface area contributed by atoms with Gasteiger partial charge in [-0.3, -0.25) is 0 Å². The fourth-order valence-electron chi connectivity index (χ4n) is 0.204. The zero-order valence-electron chi connectivity index (χ0n) is 4.57. The summed E-state index contributed by atoms with van der Waals surface area (Å²) in [4.78, 5) is 19.5. The van der Waals surface area contributed by atoms with E-state index in [9.17, 15) is 9.59 Å². The second-order valence-electron chi connectivity index (χ2n) is 1.62. The zero-order chi connectivity index (χ0) is 6.57. The van der Waals surface area contributed by atoms with Crippen molar-refractivity contribution in [2.75, 3.05) is 0 Å². The van der Waals surface area contributed by atoms with E-state index in [4.69, 9.17) is 5.11 Å². The van der Waals surface area contributed by atoms with Crippen LogP contribution >= 0.6 is 0 Å². The first-order valence-electron chi connectivity index (χ1n) is 2.31. The first-order valence-corrected chi connectivity index (χ1v) is 2.31. The molecule has 0 aliphatic rings. The molecule has 2 atom stereocenters. The molecule has 0 rings (SSSR count). The largest absolute Gasteiger partial charge is 0.385 e. The van der Waals surface area contributed by atoms with Crippen LogP contribution in [0.1, 0.15) is 6.92 Å². The number of hydrogen-bond acceptors (Lipinski definition) is 3. The van der Waals surface area contributed by atoms with Crippen LogP contribution in [-0.2, 0) is 9.59 Å². The summed E-state index contributed by atoms with van der Waals surface area (Å²) in [5, 5.41) is 8.53. The molecule has 0 spiro atoms. The highest BCUT2D eigenvalue weighted by atomic mass is 16.3. The predicted molar refractivity (Wildman–Crippen MR) is 27.3 cm³/mol. The van der Waals surface area contributed by atoms with E-state index in [0.29, 0.717) is 12.6 Å². The molecule has 0 saturated heterocycles. The van der Waals surface area contributed by atoms with Gasteiger partial charge >= 0.3 is 0 Å². The number of aliphatic hydroxyl groups excluding tert-OH is 1. The molecular formula is C5H8O3. The van der Waals surface area contributed by atoms with Crippen LogP contribution in [0.5, 0.6) is 0 Å². The maximum absolute atomic E-state index is 9.79. The second-order valence-corrected chi connectivity index (χ2v) is 1.62. The van der Waals surface area contributed by atoms with E-state index in [2.05, 4.69) is 0 Å². The molecule has 0 amide bonds. The van der Waals surface area contributed by atoms with Crippen LogP contribution in [0.4, 0.5) is 0 Å². The van der Waals surface area contributed by atoms with Crippen LogP contribution in [0.15, 0.2) is 0 Å². The van der Waals surface area contributed by atoms with Crippen LogP contribution in [0.2, 0.25) is 0 Å². The molecule has 2 unspecified atom stereocenters. The summed E-state index contributed by atoms with van der Waals surface area (Å²) in [5.41, 5.74) is 0. The monoisotopic (exact) mass is 116 g/mol. The molecule has 3 heteroatoms. The Morgan fingerprint density at radius 2 is 1.88 bits per heavy atom. The number of rotatable bonds is 3. The molecule has 0 radical (unpaired) electrons. The van der Waals surface area contributed by atoms with E-state index in [1.54, 1.807) is 0 Å². The molecule has 0 aliphatic carbocycles. The molecule has 46 valence electrons. The maximum atomic E-state index is 9.79. The van der Waals surface area contributed by atoms with Gasteiger partial charge in [0.25, 0.3) is 0 Å². The Morgan fingerprint density at radius 1 is 1.38 bits per heavy atom. The lowest BCUT2D eigenvalue weighted by molar-refractivity contribution is -0.123. The van der Waals surface area contributed by atoms with Crippen molar-refractivity contribution in [3.8, 4) is 0 Å². The Balaban J connectivity index is 3.60. The number of hydrogen-bond donors (Lipinski definition) is 1. The van der Waals surface area contributed by atoms with Crippen LogP contribution < -0.4 is 0 Å². The molecule has 1 N–H and O–H groups in total. The van der Waals surface area contributed by atoms with Gasteiger partial charge in [0.2, 0.25) is 0 Å². The third-order valence-corrected chi connectivity index (χ3v) is 0.893. The second kappa shape index (κ2) is 3.32. The van der Waals surface area contributed by atoms with Gasteiger partial charge in [-0.1, -0.05) is 6.92 Å². The predicted octanol–water partition coefficient (Wildman–Crippen LogP) is -0.619. The summed E-state index contributed by atoms with van der Waals surface area (Å²) < 4.78 is 0. The summed E-state index contributed by atoms with van der Waals surface area (Å²) in [7, 11) is 0. The average molecular weight is 116 g/mol. The number of aliphatic hydroxyl groups is 1. The van der Waals surface area contributed by atoms with Gasteiger partial charge < -0.3 is 14.7 Å². The first-order chi connectivity index (χ1) is 3.72. The molecule has 0 bridgehead atoms. The molecular weight excluding hydrogens is 108 g/mol. The fraction of sp³-hybridized carbons (Fsp3) is 0.600.